The number of nitrogens with zero attached hydrogens (tertiary/aromatic N) is 1. The van der Waals surface area contributed by atoms with Crippen molar-refractivity contribution < 1.29 is 23.7 Å². The van der Waals surface area contributed by atoms with Gasteiger partial charge in [0.1, 0.15) is 17.9 Å². The summed E-state index contributed by atoms with van der Waals surface area (Å²) in [4.78, 5) is 15.0. The zero-order valence-electron chi connectivity index (χ0n) is 17.7. The summed E-state index contributed by atoms with van der Waals surface area (Å²) in [6, 6.07) is 19.8. The second-order valence-corrected chi connectivity index (χ2v) is 9.43. The molecule has 1 amide bonds. The first kappa shape index (κ1) is 19.3. The number of carbonyl (C=O) groups is 1. The number of fused-ring (bicyclic) bond motifs is 5. The molecular weight excluding hydrogens is 394 g/mol. The number of piperidine rings is 1. The van der Waals surface area contributed by atoms with Crippen LogP contribution in [0.25, 0.3) is 0 Å². The maximum Gasteiger partial charge on any atom is 0.266 e. The smallest absolute Gasteiger partial charge is 0.266 e. The Morgan fingerprint density at radius 3 is 2.45 bits per heavy atom. The van der Waals surface area contributed by atoms with Crippen molar-refractivity contribution in [2.75, 3.05) is 6.54 Å². The molecule has 4 heterocycles. The van der Waals surface area contributed by atoms with Crippen LogP contribution in [0.4, 0.5) is 0 Å². The average molecular weight is 421 g/mol. The van der Waals surface area contributed by atoms with Gasteiger partial charge in [-0.3, -0.25) is 4.79 Å². The Bertz CT molecular complexity index is 964. The van der Waals surface area contributed by atoms with E-state index in [1.807, 2.05) is 55.1 Å². The van der Waals surface area contributed by atoms with Crippen molar-refractivity contribution in [1.82, 2.24) is 4.90 Å². The lowest BCUT2D eigenvalue weighted by molar-refractivity contribution is -0.241. The minimum absolute atomic E-state index is 0.0354. The lowest BCUT2D eigenvalue weighted by atomic mass is 9.70. The molecule has 0 spiro atoms. The van der Waals surface area contributed by atoms with Gasteiger partial charge in [0.05, 0.1) is 6.10 Å². The Labute approximate surface area is 182 Å². The van der Waals surface area contributed by atoms with Crippen LogP contribution >= 0.6 is 0 Å². The second kappa shape index (κ2) is 7.05. The van der Waals surface area contributed by atoms with Crippen molar-refractivity contribution in [3.05, 3.63) is 66.2 Å². The van der Waals surface area contributed by atoms with E-state index in [4.69, 9.17) is 18.9 Å². The number of ether oxygens (including phenoxy) is 4. The third kappa shape index (κ3) is 3.16. The number of β-lactam (4-membered cyclic amide) rings is 1. The van der Waals surface area contributed by atoms with Crippen LogP contribution < -0.4 is 4.74 Å². The monoisotopic (exact) mass is 421 g/mol. The highest BCUT2D eigenvalue weighted by molar-refractivity contribution is 5.89. The number of carbonyl (C=O) groups excluding carboxylic acids is 1. The average Bonchev–Trinajstić information content (AvgIpc) is 3.24. The fraction of sp³-hybridized carbons (Fsp3) is 0.480. The van der Waals surface area contributed by atoms with E-state index in [1.165, 1.54) is 5.56 Å². The Hall–Kier alpha value is -2.41. The van der Waals surface area contributed by atoms with E-state index in [-0.39, 0.29) is 36.0 Å². The Morgan fingerprint density at radius 1 is 1.00 bits per heavy atom. The lowest BCUT2D eigenvalue weighted by Gasteiger charge is -2.55. The van der Waals surface area contributed by atoms with Gasteiger partial charge in [0, 0.05) is 12.5 Å². The summed E-state index contributed by atoms with van der Waals surface area (Å²) in [5.74, 6) is 0.453. The van der Waals surface area contributed by atoms with E-state index < -0.39 is 18.2 Å². The molecule has 0 bridgehead atoms. The molecule has 6 heteroatoms. The topological polar surface area (TPSA) is 57.2 Å². The largest absolute Gasteiger partial charge is 0.478 e. The van der Waals surface area contributed by atoms with E-state index in [9.17, 15) is 4.79 Å². The quantitative estimate of drug-likeness (QED) is 0.711. The van der Waals surface area contributed by atoms with Crippen LogP contribution in [-0.2, 0) is 25.4 Å². The molecule has 1 unspecified atom stereocenters. The summed E-state index contributed by atoms with van der Waals surface area (Å²) in [7, 11) is 0. The molecule has 4 fully saturated rings. The van der Waals surface area contributed by atoms with Crippen LogP contribution in [0.2, 0.25) is 0 Å². The van der Waals surface area contributed by atoms with Crippen molar-refractivity contribution in [2.24, 2.45) is 11.8 Å². The van der Waals surface area contributed by atoms with E-state index in [2.05, 4.69) is 24.3 Å². The van der Waals surface area contributed by atoms with Crippen molar-refractivity contribution in [3.63, 3.8) is 0 Å². The van der Waals surface area contributed by atoms with Gasteiger partial charge in [0.15, 0.2) is 18.2 Å². The lowest BCUT2D eigenvalue weighted by Crippen LogP contribution is -2.76. The zero-order chi connectivity index (χ0) is 21.2. The molecule has 0 radical (unpaired) electrons. The van der Waals surface area contributed by atoms with Crippen LogP contribution in [0.1, 0.15) is 19.4 Å². The Morgan fingerprint density at radius 2 is 1.71 bits per heavy atom. The number of para-hydroxylation sites is 1. The van der Waals surface area contributed by atoms with Crippen LogP contribution in [0.3, 0.4) is 0 Å². The minimum Gasteiger partial charge on any atom is -0.478 e. The Kier molecular flexibility index (Phi) is 4.39. The van der Waals surface area contributed by atoms with E-state index in [0.717, 1.165) is 6.42 Å². The number of amides is 1. The zero-order valence-corrected chi connectivity index (χ0v) is 17.7. The maximum absolute atomic E-state index is 13.0. The number of hydrogen-bond acceptors (Lipinski definition) is 5. The van der Waals surface area contributed by atoms with Crippen molar-refractivity contribution in [2.45, 2.75) is 56.7 Å². The van der Waals surface area contributed by atoms with E-state index >= 15 is 0 Å². The fourth-order valence-corrected chi connectivity index (χ4v) is 5.76. The number of rotatable bonds is 4. The predicted octanol–water partition coefficient (Wildman–Crippen LogP) is 3.01. The summed E-state index contributed by atoms with van der Waals surface area (Å²) >= 11 is 0. The van der Waals surface area contributed by atoms with Gasteiger partial charge >= 0.3 is 0 Å². The van der Waals surface area contributed by atoms with Gasteiger partial charge < -0.3 is 23.8 Å². The van der Waals surface area contributed by atoms with Gasteiger partial charge in [0.2, 0.25) is 0 Å². The molecule has 31 heavy (non-hydrogen) atoms. The van der Waals surface area contributed by atoms with Crippen molar-refractivity contribution >= 4 is 5.91 Å². The highest BCUT2D eigenvalue weighted by Gasteiger charge is 2.67. The van der Waals surface area contributed by atoms with Gasteiger partial charge in [0.25, 0.3) is 5.91 Å². The van der Waals surface area contributed by atoms with Gasteiger partial charge in [-0.05, 0) is 43.9 Å². The summed E-state index contributed by atoms with van der Waals surface area (Å²) in [5, 5.41) is 0. The number of hydrogen-bond donors (Lipinski definition) is 0. The predicted molar refractivity (Wildman–Crippen MR) is 112 cm³/mol. The summed E-state index contributed by atoms with van der Waals surface area (Å²) in [5.41, 5.74) is 1.26. The normalized spacial score (nSPS) is 37.5. The molecule has 7 atom stereocenters. The van der Waals surface area contributed by atoms with Gasteiger partial charge in [-0.1, -0.05) is 48.5 Å². The molecule has 0 aromatic heterocycles. The standard InChI is InChI=1S/C25H27NO5/c1-25(2)30-21-18-16(13-15-9-5-3-6-10-15)14-26-19(20(18)29-24(21)31-25)22(23(26)27)28-17-11-7-4-8-12-17/h3-12,16,18-22,24H,13-14H2,1-2H3/t16?,18-,19-,20-,21+,22+,24+/m0/s1. The van der Waals surface area contributed by atoms with Gasteiger partial charge in [-0.25, -0.2) is 0 Å². The minimum atomic E-state index is -0.663. The maximum atomic E-state index is 13.0. The van der Waals surface area contributed by atoms with Crippen LogP contribution in [0.15, 0.2) is 60.7 Å². The fourth-order valence-electron chi connectivity index (χ4n) is 5.76. The summed E-state index contributed by atoms with van der Waals surface area (Å²) in [6.45, 7) is 4.54. The van der Waals surface area contributed by atoms with Gasteiger partial charge in [-0.15, -0.1) is 0 Å². The van der Waals surface area contributed by atoms with E-state index in [0.29, 0.717) is 12.3 Å². The molecule has 4 saturated heterocycles. The molecular formula is C25H27NO5. The van der Waals surface area contributed by atoms with Gasteiger partial charge in [-0.2, -0.15) is 0 Å². The number of benzene rings is 2. The van der Waals surface area contributed by atoms with Crippen molar-refractivity contribution in [1.29, 1.82) is 0 Å². The summed E-state index contributed by atoms with van der Waals surface area (Å²) in [6.07, 6.45) is -0.362. The van der Waals surface area contributed by atoms with Crippen LogP contribution in [0.5, 0.6) is 5.75 Å². The SMILES string of the molecule is CC1(C)O[C@H]2O[C@H]3[C@H](C(Cc4ccccc4)CN4C(=O)[C@H](Oc5ccccc5)[C@H]34)[C@H]2O1. The molecule has 0 N–H and O–H groups in total. The molecule has 162 valence electrons. The van der Waals surface area contributed by atoms with Crippen LogP contribution in [-0.4, -0.2) is 53.8 Å². The second-order valence-electron chi connectivity index (χ2n) is 9.43. The molecule has 4 aliphatic heterocycles. The molecule has 2 aromatic rings. The third-order valence-electron chi connectivity index (χ3n) is 6.99. The highest BCUT2D eigenvalue weighted by Crippen LogP contribution is 2.51. The third-order valence-corrected chi connectivity index (χ3v) is 6.99. The molecule has 2 aromatic carbocycles. The molecule has 0 aliphatic carbocycles. The first-order valence-corrected chi connectivity index (χ1v) is 11.1. The Balaban J connectivity index is 1.29. The molecule has 6 rings (SSSR count). The van der Waals surface area contributed by atoms with Crippen LogP contribution in [0, 0.1) is 11.8 Å². The van der Waals surface area contributed by atoms with E-state index in [1.54, 1.807) is 0 Å². The first-order valence-electron chi connectivity index (χ1n) is 11.1. The highest BCUT2D eigenvalue weighted by atomic mass is 16.8. The van der Waals surface area contributed by atoms with Crippen molar-refractivity contribution in [3.8, 4) is 5.75 Å². The first-order chi connectivity index (χ1) is 15.0. The summed E-state index contributed by atoms with van der Waals surface area (Å²) < 4.78 is 24.9. The molecule has 6 nitrogen and oxygen atoms in total. The molecule has 0 saturated carbocycles. The molecule has 4 aliphatic rings.